The van der Waals surface area contributed by atoms with Gasteiger partial charge in [-0.25, -0.2) is 4.68 Å². The first-order valence-electron chi connectivity index (χ1n) is 7.01. The Kier molecular flexibility index (Phi) is 5.06. The van der Waals surface area contributed by atoms with Crippen LogP contribution in [0.5, 0.6) is 5.75 Å². The van der Waals surface area contributed by atoms with Crippen molar-refractivity contribution in [3.05, 3.63) is 58.5 Å². The molecular weight excluding hydrogens is 334 g/mol. The van der Waals surface area contributed by atoms with Crippen molar-refractivity contribution in [3.8, 4) is 5.75 Å². The molecule has 3 aromatic rings. The van der Waals surface area contributed by atoms with Crippen LogP contribution >= 0.6 is 11.8 Å². The van der Waals surface area contributed by atoms with E-state index >= 15 is 0 Å². The molecule has 0 aliphatic heterocycles. The second-order valence-corrected chi connectivity index (χ2v) is 5.68. The zero-order valence-electron chi connectivity index (χ0n) is 12.4. The number of ether oxygens (including phenoxy) is 1. The molecule has 0 aliphatic carbocycles. The molecule has 0 amide bonds. The van der Waals surface area contributed by atoms with Gasteiger partial charge in [0.05, 0.1) is 17.8 Å². The average Bonchev–Trinajstić information content (AvgIpc) is 3.24. The maximum atomic E-state index is 10.9. The number of tetrazole rings is 1. The summed E-state index contributed by atoms with van der Waals surface area (Å²) < 4.78 is 12.4. The van der Waals surface area contributed by atoms with Crippen LogP contribution < -0.4 is 4.74 Å². The fourth-order valence-electron chi connectivity index (χ4n) is 1.96. The zero-order valence-corrected chi connectivity index (χ0v) is 13.3. The fourth-order valence-corrected chi connectivity index (χ4v) is 2.66. The quantitative estimate of drug-likeness (QED) is 0.264. The molecule has 2 aromatic heterocycles. The fraction of sp³-hybridized carbons (Fsp3) is 0.214. The molecule has 0 atom stereocenters. The highest BCUT2D eigenvalue weighted by molar-refractivity contribution is 7.99. The number of nitro groups is 1. The molecule has 24 heavy (non-hydrogen) atoms. The Morgan fingerprint density at radius 2 is 2.17 bits per heavy atom. The van der Waals surface area contributed by atoms with E-state index in [4.69, 9.17) is 9.15 Å². The lowest BCUT2D eigenvalue weighted by atomic mass is 10.3. The van der Waals surface area contributed by atoms with Gasteiger partial charge in [-0.3, -0.25) is 10.1 Å². The van der Waals surface area contributed by atoms with Gasteiger partial charge in [0, 0.05) is 11.8 Å². The first-order chi connectivity index (χ1) is 11.7. The summed E-state index contributed by atoms with van der Waals surface area (Å²) in [6.07, 6.45) is 1.59. The third-order valence-corrected chi connectivity index (χ3v) is 3.94. The Bertz CT molecular complexity index is 805. The lowest BCUT2D eigenvalue weighted by Gasteiger charge is -2.06. The van der Waals surface area contributed by atoms with Gasteiger partial charge in [0.1, 0.15) is 12.3 Å². The predicted molar refractivity (Wildman–Crippen MR) is 84.9 cm³/mol. The highest BCUT2D eigenvalue weighted by Gasteiger charge is 2.14. The number of nitrogens with zero attached hydrogens (tertiary/aromatic N) is 5. The molecule has 10 heteroatoms. The summed E-state index contributed by atoms with van der Waals surface area (Å²) in [5.74, 6) is 1.54. The number of hydrogen-bond donors (Lipinski definition) is 0. The van der Waals surface area contributed by atoms with Gasteiger partial charge >= 0.3 is 5.69 Å². The van der Waals surface area contributed by atoms with Crippen LogP contribution in [0.15, 0.2) is 52.2 Å². The van der Waals surface area contributed by atoms with Crippen molar-refractivity contribution in [2.24, 2.45) is 0 Å². The van der Waals surface area contributed by atoms with E-state index in [1.54, 1.807) is 35.2 Å². The number of furan rings is 1. The number of thioether (sulfide) groups is 1. The summed E-state index contributed by atoms with van der Waals surface area (Å²) in [5.41, 5.74) is -0.0508. The number of rotatable bonds is 8. The van der Waals surface area contributed by atoms with Gasteiger partial charge in [-0.1, -0.05) is 23.9 Å². The number of aromatic nitrogens is 4. The van der Waals surface area contributed by atoms with E-state index < -0.39 is 4.92 Å². The van der Waals surface area contributed by atoms with Crippen LogP contribution in [0.25, 0.3) is 0 Å². The van der Waals surface area contributed by atoms with E-state index in [1.807, 2.05) is 6.07 Å². The van der Waals surface area contributed by atoms with Crippen molar-refractivity contribution in [1.29, 1.82) is 0 Å². The van der Waals surface area contributed by atoms with Gasteiger partial charge < -0.3 is 9.15 Å². The van der Waals surface area contributed by atoms with Crippen LogP contribution in [-0.2, 0) is 6.54 Å². The summed E-state index contributed by atoms with van der Waals surface area (Å²) in [7, 11) is 0. The lowest BCUT2D eigenvalue weighted by Crippen LogP contribution is -2.06. The second-order valence-electron chi connectivity index (χ2n) is 4.62. The van der Waals surface area contributed by atoms with Crippen molar-refractivity contribution < 1.29 is 14.1 Å². The number of benzene rings is 1. The largest absolute Gasteiger partial charge is 0.486 e. The van der Waals surface area contributed by atoms with E-state index in [0.29, 0.717) is 24.1 Å². The Morgan fingerprint density at radius 3 is 2.96 bits per heavy atom. The first-order valence-corrected chi connectivity index (χ1v) is 8.00. The van der Waals surface area contributed by atoms with Gasteiger partial charge in [-0.05, 0) is 28.6 Å². The summed E-state index contributed by atoms with van der Waals surface area (Å²) in [5, 5.41) is 23.0. The zero-order chi connectivity index (χ0) is 16.8. The standard InChI is InChI=1S/C14H13N5O4S/c20-19(21)12-5-1-2-6-13(12)23-8-9-24-14-15-16-17-18(14)10-11-4-3-7-22-11/h1-7H,8-10H2. The Morgan fingerprint density at radius 1 is 1.29 bits per heavy atom. The molecule has 0 radical (unpaired) electrons. The molecular formula is C14H13N5O4S. The second kappa shape index (κ2) is 7.59. The van der Waals surface area contributed by atoms with Gasteiger partial charge in [0.15, 0.2) is 5.75 Å². The minimum absolute atomic E-state index is 0.0508. The molecule has 124 valence electrons. The Balaban J connectivity index is 1.53. The number of nitro benzene ring substituents is 1. The third kappa shape index (κ3) is 3.90. The van der Waals surface area contributed by atoms with E-state index in [1.165, 1.54) is 17.8 Å². The van der Waals surface area contributed by atoms with E-state index in [-0.39, 0.29) is 11.4 Å². The number of hydrogen-bond acceptors (Lipinski definition) is 8. The maximum Gasteiger partial charge on any atom is 0.310 e. The molecule has 0 fully saturated rings. The maximum absolute atomic E-state index is 10.9. The number of para-hydroxylation sites is 2. The summed E-state index contributed by atoms with van der Waals surface area (Å²) in [4.78, 5) is 10.5. The molecule has 0 bridgehead atoms. The summed E-state index contributed by atoms with van der Waals surface area (Å²) >= 11 is 1.40. The predicted octanol–water partition coefficient (Wildman–Crippen LogP) is 2.39. The summed E-state index contributed by atoms with van der Waals surface area (Å²) in [6.45, 7) is 0.733. The van der Waals surface area contributed by atoms with Crippen molar-refractivity contribution in [3.63, 3.8) is 0 Å². The van der Waals surface area contributed by atoms with Crippen LogP contribution in [0.4, 0.5) is 5.69 Å². The Labute approximate surface area is 140 Å². The molecule has 0 unspecified atom stereocenters. The lowest BCUT2D eigenvalue weighted by molar-refractivity contribution is -0.385. The van der Waals surface area contributed by atoms with Crippen LogP contribution in [0.2, 0.25) is 0 Å². The molecule has 0 aliphatic rings. The van der Waals surface area contributed by atoms with Crippen molar-refractivity contribution in [2.75, 3.05) is 12.4 Å². The van der Waals surface area contributed by atoms with Crippen LogP contribution in [0, 0.1) is 10.1 Å². The van der Waals surface area contributed by atoms with E-state index in [0.717, 1.165) is 5.76 Å². The van der Waals surface area contributed by atoms with E-state index in [9.17, 15) is 10.1 Å². The van der Waals surface area contributed by atoms with Crippen molar-refractivity contribution in [1.82, 2.24) is 20.2 Å². The molecule has 9 nitrogen and oxygen atoms in total. The highest BCUT2D eigenvalue weighted by Crippen LogP contribution is 2.26. The molecule has 0 saturated heterocycles. The Hall–Kier alpha value is -2.88. The normalized spacial score (nSPS) is 10.7. The van der Waals surface area contributed by atoms with Crippen LogP contribution in [0.3, 0.4) is 0 Å². The van der Waals surface area contributed by atoms with Crippen molar-refractivity contribution in [2.45, 2.75) is 11.7 Å². The van der Waals surface area contributed by atoms with Gasteiger partial charge in [-0.2, -0.15) is 0 Å². The van der Waals surface area contributed by atoms with Gasteiger partial charge in [-0.15, -0.1) is 5.10 Å². The molecule has 2 heterocycles. The van der Waals surface area contributed by atoms with E-state index in [2.05, 4.69) is 15.5 Å². The highest BCUT2D eigenvalue weighted by atomic mass is 32.2. The van der Waals surface area contributed by atoms with Gasteiger partial charge in [0.2, 0.25) is 5.16 Å². The minimum Gasteiger partial charge on any atom is -0.486 e. The third-order valence-electron chi connectivity index (χ3n) is 3.02. The average molecular weight is 347 g/mol. The minimum atomic E-state index is -0.466. The molecule has 3 rings (SSSR count). The first kappa shape index (κ1) is 16.0. The monoisotopic (exact) mass is 347 g/mol. The summed E-state index contributed by atoms with van der Waals surface area (Å²) in [6, 6.07) is 9.92. The van der Waals surface area contributed by atoms with Crippen LogP contribution in [0.1, 0.15) is 5.76 Å². The van der Waals surface area contributed by atoms with Gasteiger partial charge in [0.25, 0.3) is 0 Å². The molecule has 0 spiro atoms. The molecule has 0 N–H and O–H groups in total. The molecule has 0 saturated carbocycles. The van der Waals surface area contributed by atoms with Crippen molar-refractivity contribution >= 4 is 17.4 Å². The topological polar surface area (TPSA) is 109 Å². The molecule has 1 aromatic carbocycles. The van der Waals surface area contributed by atoms with Crippen LogP contribution in [-0.4, -0.2) is 37.5 Å². The SMILES string of the molecule is O=[N+]([O-])c1ccccc1OCCSc1nnnn1Cc1ccco1. The smallest absolute Gasteiger partial charge is 0.310 e.